The van der Waals surface area contributed by atoms with Crippen LogP contribution in [0.2, 0.25) is 0 Å². The van der Waals surface area contributed by atoms with Gasteiger partial charge in [-0.25, -0.2) is 14.4 Å². The Morgan fingerprint density at radius 1 is 1.04 bits per heavy atom. The van der Waals surface area contributed by atoms with Crippen LogP contribution in [-0.4, -0.2) is 15.9 Å². The molecule has 0 aliphatic heterocycles. The van der Waals surface area contributed by atoms with Gasteiger partial charge in [-0.05, 0) is 43.7 Å². The van der Waals surface area contributed by atoms with E-state index in [-0.39, 0.29) is 23.4 Å². The molecule has 0 atom stereocenters. The van der Waals surface area contributed by atoms with Gasteiger partial charge in [-0.3, -0.25) is 4.79 Å². The number of carbonyl (C=O) groups excluding carboxylic acids is 1. The number of halogens is 1. The van der Waals surface area contributed by atoms with Crippen molar-refractivity contribution in [3.8, 4) is 0 Å². The van der Waals surface area contributed by atoms with Crippen LogP contribution in [0.15, 0.2) is 54.6 Å². The van der Waals surface area contributed by atoms with Gasteiger partial charge in [0.2, 0.25) is 5.95 Å². The Hall–Kier alpha value is -3.28. The van der Waals surface area contributed by atoms with Crippen molar-refractivity contribution >= 4 is 17.5 Å². The molecule has 0 radical (unpaired) electrons. The van der Waals surface area contributed by atoms with Crippen LogP contribution in [-0.2, 0) is 6.54 Å². The second kappa shape index (κ2) is 7.74. The van der Waals surface area contributed by atoms with E-state index in [0.29, 0.717) is 17.9 Å². The minimum absolute atomic E-state index is 0.246. The van der Waals surface area contributed by atoms with E-state index >= 15 is 0 Å². The van der Waals surface area contributed by atoms with E-state index in [2.05, 4.69) is 20.6 Å². The van der Waals surface area contributed by atoms with Gasteiger partial charge in [0.25, 0.3) is 5.91 Å². The van der Waals surface area contributed by atoms with Crippen molar-refractivity contribution in [2.45, 2.75) is 20.4 Å². The summed E-state index contributed by atoms with van der Waals surface area (Å²) >= 11 is 0. The van der Waals surface area contributed by atoms with E-state index in [1.165, 1.54) is 17.7 Å². The Labute approximate surface area is 151 Å². The highest BCUT2D eigenvalue weighted by Crippen LogP contribution is 2.15. The zero-order valence-electron chi connectivity index (χ0n) is 14.6. The first-order valence-corrected chi connectivity index (χ1v) is 8.21. The van der Waals surface area contributed by atoms with E-state index in [1.54, 1.807) is 25.1 Å². The van der Waals surface area contributed by atoms with E-state index in [1.807, 2.05) is 31.2 Å². The summed E-state index contributed by atoms with van der Waals surface area (Å²) < 4.78 is 13.3. The smallest absolute Gasteiger partial charge is 0.270 e. The molecule has 132 valence electrons. The molecule has 0 saturated heterocycles. The monoisotopic (exact) mass is 350 g/mol. The lowest BCUT2D eigenvalue weighted by Gasteiger charge is -2.09. The van der Waals surface area contributed by atoms with Crippen LogP contribution in [0.1, 0.15) is 27.3 Å². The van der Waals surface area contributed by atoms with E-state index in [9.17, 15) is 9.18 Å². The van der Waals surface area contributed by atoms with Crippen LogP contribution < -0.4 is 10.6 Å². The van der Waals surface area contributed by atoms with Gasteiger partial charge >= 0.3 is 0 Å². The summed E-state index contributed by atoms with van der Waals surface area (Å²) in [4.78, 5) is 20.9. The second-order valence-corrected chi connectivity index (χ2v) is 6.02. The Morgan fingerprint density at radius 3 is 2.54 bits per heavy atom. The number of aromatic nitrogens is 2. The van der Waals surface area contributed by atoms with Crippen molar-refractivity contribution < 1.29 is 9.18 Å². The predicted molar refractivity (Wildman–Crippen MR) is 98.8 cm³/mol. The number of amides is 1. The summed E-state index contributed by atoms with van der Waals surface area (Å²) in [6.07, 6.45) is 0. The van der Waals surface area contributed by atoms with Crippen LogP contribution in [0.4, 0.5) is 16.0 Å². The lowest BCUT2D eigenvalue weighted by atomic mass is 10.1. The molecule has 3 rings (SSSR count). The quantitative estimate of drug-likeness (QED) is 0.732. The fraction of sp³-hybridized carbons (Fsp3) is 0.150. The first-order valence-electron chi connectivity index (χ1n) is 8.21. The molecule has 6 heteroatoms. The maximum absolute atomic E-state index is 13.3. The average Bonchev–Trinajstić information content (AvgIpc) is 2.60. The summed E-state index contributed by atoms with van der Waals surface area (Å²) in [5, 5.41) is 5.76. The molecule has 3 aromatic rings. The minimum Gasteiger partial charge on any atom is -0.347 e. The second-order valence-electron chi connectivity index (χ2n) is 6.02. The first-order chi connectivity index (χ1) is 12.5. The molecule has 0 aliphatic rings. The Kier molecular flexibility index (Phi) is 5.22. The van der Waals surface area contributed by atoms with Crippen molar-refractivity contribution in [2.24, 2.45) is 0 Å². The topological polar surface area (TPSA) is 66.9 Å². The number of carbonyl (C=O) groups is 1. The van der Waals surface area contributed by atoms with E-state index < -0.39 is 0 Å². The molecule has 0 spiro atoms. The Morgan fingerprint density at radius 2 is 1.81 bits per heavy atom. The maximum atomic E-state index is 13.3. The maximum Gasteiger partial charge on any atom is 0.270 e. The molecule has 0 aliphatic carbocycles. The molecule has 1 heterocycles. The van der Waals surface area contributed by atoms with Gasteiger partial charge in [-0.1, -0.05) is 35.9 Å². The zero-order chi connectivity index (χ0) is 18.5. The van der Waals surface area contributed by atoms with Gasteiger partial charge in [0.05, 0.1) is 0 Å². The normalized spacial score (nSPS) is 10.4. The molecule has 0 unspecified atom stereocenters. The lowest BCUT2D eigenvalue weighted by molar-refractivity contribution is 0.0945. The van der Waals surface area contributed by atoms with Crippen molar-refractivity contribution in [3.05, 3.63) is 82.9 Å². The van der Waals surface area contributed by atoms with Gasteiger partial charge < -0.3 is 10.6 Å². The SMILES string of the molecule is Cc1ccc(CNC(=O)c2cc(C)nc(Nc3cccc(F)c3)n2)cc1. The highest BCUT2D eigenvalue weighted by atomic mass is 19.1. The van der Waals surface area contributed by atoms with Crippen molar-refractivity contribution in [1.29, 1.82) is 0 Å². The summed E-state index contributed by atoms with van der Waals surface area (Å²) in [7, 11) is 0. The largest absolute Gasteiger partial charge is 0.347 e. The molecule has 26 heavy (non-hydrogen) atoms. The average molecular weight is 350 g/mol. The van der Waals surface area contributed by atoms with Gasteiger partial charge in [0.1, 0.15) is 11.5 Å². The molecule has 2 N–H and O–H groups in total. The van der Waals surface area contributed by atoms with Gasteiger partial charge in [0.15, 0.2) is 0 Å². The molecule has 1 amide bonds. The molecule has 2 aromatic carbocycles. The van der Waals surface area contributed by atoms with Crippen LogP contribution in [0, 0.1) is 19.7 Å². The first kappa shape index (κ1) is 17.5. The third-order valence-electron chi connectivity index (χ3n) is 3.74. The third-order valence-corrected chi connectivity index (χ3v) is 3.74. The lowest BCUT2D eigenvalue weighted by Crippen LogP contribution is -2.24. The van der Waals surface area contributed by atoms with E-state index in [4.69, 9.17) is 0 Å². The number of benzene rings is 2. The summed E-state index contributed by atoms with van der Waals surface area (Å²) in [5.41, 5.74) is 3.58. The number of aryl methyl sites for hydroxylation is 2. The highest BCUT2D eigenvalue weighted by Gasteiger charge is 2.11. The Balaban J connectivity index is 1.71. The number of nitrogens with one attached hydrogen (secondary N) is 2. The van der Waals surface area contributed by atoms with Crippen molar-refractivity contribution in [1.82, 2.24) is 15.3 Å². The van der Waals surface area contributed by atoms with Crippen LogP contribution in [0.25, 0.3) is 0 Å². The summed E-state index contributed by atoms with van der Waals surface area (Å²) in [5.74, 6) is -0.409. The van der Waals surface area contributed by atoms with Crippen LogP contribution in [0.3, 0.4) is 0 Å². The molecule has 1 aromatic heterocycles. The number of hydrogen-bond acceptors (Lipinski definition) is 4. The third kappa shape index (κ3) is 4.63. The molecule has 0 saturated carbocycles. The number of rotatable bonds is 5. The molecule has 0 bridgehead atoms. The van der Waals surface area contributed by atoms with Gasteiger partial charge in [-0.2, -0.15) is 0 Å². The van der Waals surface area contributed by atoms with E-state index in [0.717, 1.165) is 5.56 Å². The van der Waals surface area contributed by atoms with Gasteiger partial charge in [-0.15, -0.1) is 0 Å². The fourth-order valence-corrected chi connectivity index (χ4v) is 2.41. The molecular weight excluding hydrogens is 331 g/mol. The predicted octanol–water partition coefficient (Wildman–Crippen LogP) is 3.91. The zero-order valence-corrected chi connectivity index (χ0v) is 14.6. The molecule has 0 fully saturated rings. The standard InChI is InChI=1S/C20H19FN4O/c1-13-6-8-15(9-7-13)12-22-19(26)18-10-14(2)23-20(25-18)24-17-5-3-4-16(21)11-17/h3-11H,12H2,1-2H3,(H,22,26)(H,23,24,25). The molecule has 5 nitrogen and oxygen atoms in total. The number of nitrogens with zero attached hydrogens (tertiary/aromatic N) is 2. The van der Waals surface area contributed by atoms with Gasteiger partial charge in [0, 0.05) is 17.9 Å². The van der Waals surface area contributed by atoms with Crippen molar-refractivity contribution in [2.75, 3.05) is 5.32 Å². The fourth-order valence-electron chi connectivity index (χ4n) is 2.41. The van der Waals surface area contributed by atoms with Crippen LogP contribution in [0.5, 0.6) is 0 Å². The summed E-state index contributed by atoms with van der Waals surface area (Å²) in [6, 6.07) is 15.5. The molecular formula is C20H19FN4O. The van der Waals surface area contributed by atoms with Crippen molar-refractivity contribution in [3.63, 3.8) is 0 Å². The minimum atomic E-state index is -0.362. The number of anilines is 2. The Bertz CT molecular complexity index is 925. The summed E-state index contributed by atoms with van der Waals surface area (Å²) in [6.45, 7) is 4.20. The highest BCUT2D eigenvalue weighted by molar-refractivity contribution is 5.92. The number of hydrogen-bond donors (Lipinski definition) is 2. The van der Waals surface area contributed by atoms with Crippen LogP contribution >= 0.6 is 0 Å².